The molecule has 0 aliphatic rings. The highest BCUT2D eigenvalue weighted by molar-refractivity contribution is 6.02. The normalized spacial score (nSPS) is 10.7. The average Bonchev–Trinajstić information content (AvgIpc) is 3.35. The van der Waals surface area contributed by atoms with Crippen LogP contribution in [0.2, 0.25) is 0 Å². The lowest BCUT2D eigenvalue weighted by Gasteiger charge is -2.26. The smallest absolute Gasteiger partial charge is 0.247 e. The Morgan fingerprint density at radius 2 is 1.97 bits per heavy atom. The summed E-state index contributed by atoms with van der Waals surface area (Å²) in [6.45, 7) is 12.4. The van der Waals surface area contributed by atoms with Crippen molar-refractivity contribution in [1.82, 2.24) is 24.4 Å². The van der Waals surface area contributed by atoms with Gasteiger partial charge in [0.15, 0.2) is 5.69 Å². The van der Waals surface area contributed by atoms with E-state index in [1.54, 1.807) is 54.5 Å². The van der Waals surface area contributed by atoms with E-state index in [1.165, 1.54) is 6.08 Å². The minimum absolute atomic E-state index is 0.318. The molecule has 0 unspecified atom stereocenters. The molecule has 4 aromatic rings. The Labute approximate surface area is 221 Å². The van der Waals surface area contributed by atoms with E-state index in [0.717, 1.165) is 29.8 Å². The zero-order valence-electron chi connectivity index (χ0n) is 21.8. The topological polar surface area (TPSA) is 105 Å². The fraction of sp³-hybridized carbons (Fsp3) is 0.222. The highest BCUT2D eigenvalue weighted by Gasteiger charge is 2.17. The number of methoxy groups -OCH3 is 1. The third-order valence-corrected chi connectivity index (χ3v) is 5.85. The Bertz CT molecular complexity index is 1520. The number of imidazole rings is 1. The predicted octanol–water partition coefficient (Wildman–Crippen LogP) is 4.24. The maximum Gasteiger partial charge on any atom is 0.247 e. The Balaban J connectivity index is 1.70. The molecule has 0 saturated heterocycles. The number of hydrogen-bond donors (Lipinski definition) is 2. The van der Waals surface area contributed by atoms with E-state index in [1.807, 2.05) is 32.1 Å². The summed E-state index contributed by atoms with van der Waals surface area (Å²) >= 11 is 0. The number of hydrogen-bond acceptors (Lipinski definition) is 8. The van der Waals surface area contributed by atoms with Crippen molar-refractivity contribution in [3.63, 3.8) is 0 Å². The zero-order chi connectivity index (χ0) is 27.2. The van der Waals surface area contributed by atoms with Crippen molar-refractivity contribution in [2.45, 2.75) is 0 Å². The fourth-order valence-corrected chi connectivity index (χ4v) is 3.82. The standard InChI is InChI=1S/C27H29N9O2/c1-7-26(37)31-20-15-21(24(38-6)16-22(20)35(5)13-12-34(3)4)32-27-29-11-10-25(33-27)36-17-30-19-9-8-18(28-2)14-23(19)36/h7-11,14-17H,1,12-13H2,3-6H3,(H,31,37)(H,29,32,33). The largest absolute Gasteiger partial charge is 0.494 e. The van der Waals surface area contributed by atoms with Crippen LogP contribution in [0.25, 0.3) is 21.7 Å². The van der Waals surface area contributed by atoms with Gasteiger partial charge in [-0.15, -0.1) is 0 Å². The minimum Gasteiger partial charge on any atom is -0.494 e. The number of nitrogens with zero attached hydrogens (tertiary/aromatic N) is 7. The quantitative estimate of drug-likeness (QED) is 0.241. The number of likely N-dealkylation sites (N-methyl/N-ethyl adjacent to an activating group) is 2. The van der Waals surface area contributed by atoms with E-state index in [9.17, 15) is 4.79 Å². The van der Waals surface area contributed by atoms with Crippen LogP contribution in [-0.4, -0.2) is 71.7 Å². The molecule has 11 nitrogen and oxygen atoms in total. The molecule has 0 radical (unpaired) electrons. The van der Waals surface area contributed by atoms with E-state index in [0.29, 0.717) is 34.6 Å². The third kappa shape index (κ3) is 5.71. The molecule has 0 bridgehead atoms. The van der Waals surface area contributed by atoms with E-state index in [4.69, 9.17) is 11.3 Å². The van der Waals surface area contributed by atoms with Crippen molar-refractivity contribution in [3.8, 4) is 11.6 Å². The lowest BCUT2D eigenvalue weighted by Crippen LogP contribution is -2.29. The van der Waals surface area contributed by atoms with Crippen molar-refractivity contribution in [2.24, 2.45) is 0 Å². The van der Waals surface area contributed by atoms with Crippen LogP contribution in [0.5, 0.6) is 5.75 Å². The molecule has 11 heteroatoms. The number of carbonyl (C=O) groups is 1. The number of carbonyl (C=O) groups excluding carboxylic acids is 1. The van der Waals surface area contributed by atoms with Crippen molar-refractivity contribution in [3.05, 3.63) is 73.0 Å². The van der Waals surface area contributed by atoms with Crippen molar-refractivity contribution in [1.29, 1.82) is 0 Å². The second-order valence-corrected chi connectivity index (χ2v) is 8.75. The molecule has 194 valence electrons. The van der Waals surface area contributed by atoms with E-state index >= 15 is 0 Å². The van der Waals surface area contributed by atoms with E-state index in [-0.39, 0.29) is 5.91 Å². The predicted molar refractivity (Wildman–Crippen MR) is 150 cm³/mol. The Morgan fingerprint density at radius 3 is 2.68 bits per heavy atom. The number of benzene rings is 2. The molecule has 38 heavy (non-hydrogen) atoms. The first-order valence-electron chi connectivity index (χ1n) is 11.8. The van der Waals surface area contributed by atoms with Gasteiger partial charge in [0.05, 0.1) is 41.8 Å². The first-order chi connectivity index (χ1) is 18.3. The van der Waals surface area contributed by atoms with Crippen LogP contribution >= 0.6 is 0 Å². The van der Waals surface area contributed by atoms with Crippen LogP contribution in [0.15, 0.2) is 61.6 Å². The van der Waals surface area contributed by atoms with Gasteiger partial charge in [0, 0.05) is 32.4 Å². The van der Waals surface area contributed by atoms with Gasteiger partial charge in [0.2, 0.25) is 11.9 Å². The number of ether oxygens (including phenoxy) is 1. The lowest BCUT2D eigenvalue weighted by molar-refractivity contribution is -0.111. The first-order valence-corrected chi connectivity index (χ1v) is 11.8. The SMILES string of the molecule is [C-]#[N+]c1ccc2ncn(-c3ccnc(Nc4cc(NC(=O)C=C)c(N(C)CCN(C)C)cc4OC)n3)c2c1. The summed E-state index contributed by atoms with van der Waals surface area (Å²) in [6.07, 6.45) is 4.51. The van der Waals surface area contributed by atoms with Crippen molar-refractivity contribution in [2.75, 3.05) is 56.9 Å². The Hall–Kier alpha value is -4.95. The molecule has 4 rings (SSSR count). The summed E-state index contributed by atoms with van der Waals surface area (Å²) in [6, 6.07) is 10.7. The molecule has 2 N–H and O–H groups in total. The van der Waals surface area contributed by atoms with Crippen molar-refractivity contribution < 1.29 is 9.53 Å². The third-order valence-electron chi connectivity index (χ3n) is 5.85. The van der Waals surface area contributed by atoms with Gasteiger partial charge in [-0.05, 0) is 44.4 Å². The minimum atomic E-state index is -0.326. The molecule has 0 atom stereocenters. The fourth-order valence-electron chi connectivity index (χ4n) is 3.82. The van der Waals surface area contributed by atoms with Crippen LogP contribution in [0.4, 0.5) is 28.7 Å². The van der Waals surface area contributed by atoms with Gasteiger partial charge in [0.25, 0.3) is 0 Å². The molecule has 2 aromatic heterocycles. The Morgan fingerprint density at radius 1 is 1.16 bits per heavy atom. The summed E-state index contributed by atoms with van der Waals surface area (Å²) in [7, 11) is 7.55. The molecule has 2 heterocycles. The average molecular weight is 512 g/mol. The van der Waals surface area contributed by atoms with Gasteiger partial charge in [-0.25, -0.2) is 14.8 Å². The van der Waals surface area contributed by atoms with Gasteiger partial charge >= 0.3 is 0 Å². The summed E-state index contributed by atoms with van der Waals surface area (Å²) in [4.78, 5) is 33.3. The molecular formula is C27H29N9O2. The number of aromatic nitrogens is 4. The van der Waals surface area contributed by atoms with Crippen molar-refractivity contribution >= 4 is 45.6 Å². The summed E-state index contributed by atoms with van der Waals surface area (Å²) < 4.78 is 7.47. The van der Waals surface area contributed by atoms with Crippen LogP contribution in [0.3, 0.4) is 0 Å². The molecule has 2 aromatic carbocycles. The summed E-state index contributed by atoms with van der Waals surface area (Å²) in [5.41, 5.74) is 3.98. The number of rotatable bonds is 10. The second kappa shape index (κ2) is 11.4. The van der Waals surface area contributed by atoms with E-state index < -0.39 is 0 Å². The number of nitrogens with one attached hydrogen (secondary N) is 2. The second-order valence-electron chi connectivity index (χ2n) is 8.75. The molecule has 0 aliphatic heterocycles. The zero-order valence-corrected chi connectivity index (χ0v) is 21.8. The molecule has 0 saturated carbocycles. The first kappa shape index (κ1) is 26.1. The number of fused-ring (bicyclic) bond motifs is 1. The van der Waals surface area contributed by atoms with Crippen LogP contribution < -0.4 is 20.3 Å². The molecular weight excluding hydrogens is 482 g/mol. The number of anilines is 4. The van der Waals surface area contributed by atoms with Crippen LogP contribution in [-0.2, 0) is 4.79 Å². The van der Waals surface area contributed by atoms with Gasteiger partial charge in [-0.2, -0.15) is 4.98 Å². The molecule has 0 spiro atoms. The van der Waals surface area contributed by atoms with Gasteiger partial charge < -0.3 is 25.2 Å². The maximum atomic E-state index is 12.2. The van der Waals surface area contributed by atoms with Gasteiger partial charge in [-0.1, -0.05) is 12.6 Å². The molecule has 0 aliphatic carbocycles. The summed E-state index contributed by atoms with van der Waals surface area (Å²) in [5.74, 6) is 1.12. The van der Waals surface area contributed by atoms with Gasteiger partial charge in [0.1, 0.15) is 17.9 Å². The van der Waals surface area contributed by atoms with Crippen LogP contribution in [0, 0.1) is 6.57 Å². The molecule has 1 amide bonds. The highest BCUT2D eigenvalue weighted by atomic mass is 16.5. The monoisotopic (exact) mass is 511 g/mol. The Kier molecular flexibility index (Phi) is 7.84. The lowest BCUT2D eigenvalue weighted by atomic mass is 10.2. The maximum absolute atomic E-state index is 12.2. The van der Waals surface area contributed by atoms with E-state index in [2.05, 4.69) is 41.9 Å². The number of amides is 1. The van der Waals surface area contributed by atoms with Crippen LogP contribution in [0.1, 0.15) is 0 Å². The summed E-state index contributed by atoms with van der Waals surface area (Å²) in [5, 5.41) is 6.10. The van der Waals surface area contributed by atoms with Gasteiger partial charge in [-0.3, -0.25) is 9.36 Å². The molecule has 0 fully saturated rings. The highest BCUT2D eigenvalue weighted by Crippen LogP contribution is 2.38.